The predicted molar refractivity (Wildman–Crippen MR) is 88.0 cm³/mol. The minimum atomic E-state index is -4.58. The lowest BCUT2D eigenvalue weighted by molar-refractivity contribution is -0.141. The summed E-state index contributed by atoms with van der Waals surface area (Å²) in [6, 6.07) is 0.398. The van der Waals surface area contributed by atoms with Crippen molar-refractivity contribution in [2.75, 3.05) is 13.1 Å². The van der Waals surface area contributed by atoms with Crippen molar-refractivity contribution in [2.45, 2.75) is 62.5 Å². The Bertz CT molecular complexity index is 721. The van der Waals surface area contributed by atoms with Crippen molar-refractivity contribution < 1.29 is 26.3 Å². The number of hydrogen-bond acceptors (Lipinski definition) is 5. The van der Waals surface area contributed by atoms with Crippen LogP contribution in [0.25, 0.3) is 0 Å². The maximum atomic E-state index is 12.8. The molecule has 1 atom stereocenters. The smallest absolute Gasteiger partial charge is 0.433 e. The van der Waals surface area contributed by atoms with Gasteiger partial charge in [-0.05, 0) is 31.7 Å². The van der Waals surface area contributed by atoms with Gasteiger partial charge in [-0.2, -0.15) is 22.5 Å². The molecule has 3 rings (SSSR count). The molecule has 0 aromatic carbocycles. The van der Waals surface area contributed by atoms with E-state index in [4.69, 9.17) is 4.74 Å². The van der Waals surface area contributed by atoms with Crippen molar-refractivity contribution in [2.24, 2.45) is 0 Å². The number of hydrogen-bond donors (Lipinski definition) is 0. The van der Waals surface area contributed by atoms with Crippen molar-refractivity contribution >= 4 is 10.0 Å². The quantitative estimate of drug-likeness (QED) is 0.786. The number of rotatable bonds is 4. The summed E-state index contributed by atoms with van der Waals surface area (Å²) in [5.74, 6) is 0. The molecule has 0 bridgehead atoms. The molecular formula is C16H22F3N3O3S. The molecule has 0 radical (unpaired) electrons. The maximum absolute atomic E-state index is 12.8. The van der Waals surface area contributed by atoms with Crippen LogP contribution in [0, 0.1) is 0 Å². The molecule has 2 fully saturated rings. The molecule has 2 aliphatic rings. The van der Waals surface area contributed by atoms with Crippen LogP contribution in [0.4, 0.5) is 13.2 Å². The van der Waals surface area contributed by atoms with Gasteiger partial charge in [0.2, 0.25) is 10.0 Å². The SMILES string of the molecule is O=S(=O)(C1CCCCC1)N1CCCC(Oc2nccc(C(F)(F)F)n2)C1. The van der Waals surface area contributed by atoms with Crippen LogP contribution in [0.1, 0.15) is 50.6 Å². The normalized spacial score (nSPS) is 23.7. The zero-order valence-electron chi connectivity index (χ0n) is 14.3. The van der Waals surface area contributed by atoms with Crippen molar-refractivity contribution in [3.8, 4) is 6.01 Å². The van der Waals surface area contributed by atoms with Crippen molar-refractivity contribution in [1.82, 2.24) is 14.3 Å². The van der Waals surface area contributed by atoms with Gasteiger partial charge in [-0.15, -0.1) is 0 Å². The monoisotopic (exact) mass is 393 g/mol. The number of piperidine rings is 1. The van der Waals surface area contributed by atoms with Gasteiger partial charge in [0.05, 0.1) is 11.8 Å². The molecule has 1 aromatic rings. The third-order valence-electron chi connectivity index (χ3n) is 4.87. The molecule has 10 heteroatoms. The first-order valence-corrected chi connectivity index (χ1v) is 10.3. The lowest BCUT2D eigenvalue weighted by Crippen LogP contribution is -2.48. The van der Waals surface area contributed by atoms with Gasteiger partial charge in [0.1, 0.15) is 6.10 Å². The zero-order chi connectivity index (χ0) is 18.8. The molecule has 0 amide bonds. The molecule has 1 unspecified atom stereocenters. The highest BCUT2D eigenvalue weighted by molar-refractivity contribution is 7.89. The number of sulfonamides is 1. The molecule has 26 heavy (non-hydrogen) atoms. The predicted octanol–water partition coefficient (Wildman–Crippen LogP) is 3.00. The van der Waals surface area contributed by atoms with Crippen LogP contribution in [0.5, 0.6) is 6.01 Å². The van der Waals surface area contributed by atoms with Gasteiger partial charge in [0.25, 0.3) is 0 Å². The second-order valence-corrected chi connectivity index (χ2v) is 8.98. The Balaban J connectivity index is 1.67. The minimum Gasteiger partial charge on any atom is -0.459 e. The summed E-state index contributed by atoms with van der Waals surface area (Å²) in [6.07, 6.45) is 1.23. The van der Waals surface area contributed by atoms with Crippen LogP contribution in [0.2, 0.25) is 0 Å². The molecule has 2 heterocycles. The molecule has 1 aliphatic heterocycles. The summed E-state index contributed by atoms with van der Waals surface area (Å²) in [7, 11) is -3.41. The maximum Gasteiger partial charge on any atom is 0.433 e. The molecule has 6 nitrogen and oxygen atoms in total. The Hall–Kier alpha value is -1.42. The molecule has 1 aliphatic carbocycles. The highest BCUT2D eigenvalue weighted by atomic mass is 32.2. The van der Waals surface area contributed by atoms with E-state index in [1.807, 2.05) is 0 Å². The van der Waals surface area contributed by atoms with E-state index in [9.17, 15) is 21.6 Å². The summed E-state index contributed by atoms with van der Waals surface area (Å²) < 4.78 is 70.7. The fourth-order valence-corrected chi connectivity index (χ4v) is 5.62. The Morgan fingerprint density at radius 1 is 1.12 bits per heavy atom. The van der Waals surface area contributed by atoms with E-state index in [2.05, 4.69) is 9.97 Å². The first-order chi connectivity index (χ1) is 12.3. The first kappa shape index (κ1) is 19.3. The molecule has 0 N–H and O–H groups in total. The second-order valence-electron chi connectivity index (χ2n) is 6.77. The highest BCUT2D eigenvalue weighted by Crippen LogP contribution is 2.30. The zero-order valence-corrected chi connectivity index (χ0v) is 15.1. The van der Waals surface area contributed by atoms with Gasteiger partial charge in [0, 0.05) is 12.7 Å². The van der Waals surface area contributed by atoms with Gasteiger partial charge in [-0.25, -0.2) is 13.4 Å². The van der Waals surface area contributed by atoms with Crippen LogP contribution in [-0.4, -0.2) is 47.1 Å². The Kier molecular flexibility index (Phi) is 5.71. The fraction of sp³-hybridized carbons (Fsp3) is 0.750. The van der Waals surface area contributed by atoms with E-state index in [-0.39, 0.29) is 17.8 Å². The third-order valence-corrected chi connectivity index (χ3v) is 7.24. The fourth-order valence-electron chi connectivity index (χ4n) is 3.51. The lowest BCUT2D eigenvalue weighted by Gasteiger charge is -2.35. The van der Waals surface area contributed by atoms with E-state index >= 15 is 0 Å². The number of ether oxygens (including phenoxy) is 1. The van der Waals surface area contributed by atoms with Crippen molar-refractivity contribution in [3.05, 3.63) is 18.0 Å². The molecule has 0 spiro atoms. The van der Waals surface area contributed by atoms with E-state index in [0.29, 0.717) is 32.2 Å². The molecule has 1 aromatic heterocycles. The summed E-state index contributed by atoms with van der Waals surface area (Å²) in [5, 5.41) is -0.361. The van der Waals surface area contributed by atoms with Crippen LogP contribution in [0.3, 0.4) is 0 Å². The first-order valence-electron chi connectivity index (χ1n) is 8.82. The van der Waals surface area contributed by atoms with E-state index in [0.717, 1.165) is 31.5 Å². The van der Waals surface area contributed by atoms with E-state index in [1.54, 1.807) is 0 Å². The van der Waals surface area contributed by atoms with Gasteiger partial charge in [0.15, 0.2) is 5.69 Å². The molecule has 146 valence electrons. The number of alkyl halides is 3. The van der Waals surface area contributed by atoms with E-state index in [1.165, 1.54) is 4.31 Å². The average molecular weight is 393 g/mol. The van der Waals surface area contributed by atoms with Crippen LogP contribution < -0.4 is 4.74 Å². The van der Waals surface area contributed by atoms with Gasteiger partial charge >= 0.3 is 12.2 Å². The van der Waals surface area contributed by atoms with Crippen molar-refractivity contribution in [1.29, 1.82) is 0 Å². The van der Waals surface area contributed by atoms with Crippen LogP contribution in [-0.2, 0) is 16.2 Å². The van der Waals surface area contributed by atoms with Crippen LogP contribution >= 0.6 is 0 Å². The third kappa shape index (κ3) is 4.46. The molecule has 1 saturated carbocycles. The number of halogens is 3. The Morgan fingerprint density at radius 3 is 2.54 bits per heavy atom. The highest BCUT2D eigenvalue weighted by Gasteiger charge is 2.37. The Labute approximate surface area is 150 Å². The van der Waals surface area contributed by atoms with Gasteiger partial charge in [-0.3, -0.25) is 0 Å². The summed E-state index contributed by atoms with van der Waals surface area (Å²) in [4.78, 5) is 7.11. The average Bonchev–Trinajstić information content (AvgIpc) is 2.62. The second kappa shape index (κ2) is 7.67. The lowest BCUT2D eigenvalue weighted by atomic mass is 10.0. The van der Waals surface area contributed by atoms with Gasteiger partial charge < -0.3 is 4.74 Å². The molecule has 1 saturated heterocycles. The Morgan fingerprint density at radius 2 is 1.85 bits per heavy atom. The van der Waals surface area contributed by atoms with Crippen LogP contribution in [0.15, 0.2) is 12.3 Å². The minimum absolute atomic E-state index is 0.123. The summed E-state index contributed by atoms with van der Waals surface area (Å²) >= 11 is 0. The standard InChI is InChI=1S/C16H22F3N3O3S/c17-16(18,19)14-8-9-20-15(21-14)25-12-5-4-10-22(11-12)26(23,24)13-6-2-1-3-7-13/h8-9,12-13H,1-7,10-11H2. The summed E-state index contributed by atoms with van der Waals surface area (Å²) in [5.41, 5.74) is -1.08. The number of aromatic nitrogens is 2. The van der Waals surface area contributed by atoms with E-state index < -0.39 is 28.0 Å². The topological polar surface area (TPSA) is 72.4 Å². The van der Waals surface area contributed by atoms with Gasteiger partial charge in [-0.1, -0.05) is 19.3 Å². The number of nitrogens with zero attached hydrogens (tertiary/aromatic N) is 3. The summed E-state index contributed by atoms with van der Waals surface area (Å²) in [6.45, 7) is 0.542. The van der Waals surface area contributed by atoms with Crippen molar-refractivity contribution in [3.63, 3.8) is 0 Å². The molecular weight excluding hydrogens is 371 g/mol. The largest absolute Gasteiger partial charge is 0.459 e.